The first-order chi connectivity index (χ1) is 6.15. The van der Waals surface area contributed by atoms with Gasteiger partial charge < -0.3 is 11.1 Å². The molecule has 1 unspecified atom stereocenters. The summed E-state index contributed by atoms with van der Waals surface area (Å²) >= 11 is 0. The van der Waals surface area contributed by atoms with Crippen molar-refractivity contribution in [3.05, 3.63) is 29.8 Å². The minimum atomic E-state index is 0.417. The van der Waals surface area contributed by atoms with E-state index < -0.39 is 0 Å². The van der Waals surface area contributed by atoms with Gasteiger partial charge in [0.25, 0.3) is 0 Å². The summed E-state index contributed by atoms with van der Waals surface area (Å²) in [4.78, 5) is 0. The van der Waals surface area contributed by atoms with Crippen LogP contribution >= 0.6 is 0 Å². The summed E-state index contributed by atoms with van der Waals surface area (Å²) in [5.41, 5.74) is 7.74. The fourth-order valence-electron chi connectivity index (χ4n) is 1.59. The Morgan fingerprint density at radius 1 is 1.15 bits per heavy atom. The summed E-state index contributed by atoms with van der Waals surface area (Å²) in [7, 11) is 1.99. The molecule has 13 heavy (non-hydrogen) atoms. The van der Waals surface area contributed by atoms with Gasteiger partial charge in [-0.1, -0.05) is 26.0 Å². The molecule has 0 bridgehead atoms. The lowest BCUT2D eigenvalue weighted by Crippen LogP contribution is -2.21. The van der Waals surface area contributed by atoms with Gasteiger partial charge in [0, 0.05) is 11.7 Å². The predicted octanol–water partition coefficient (Wildman–Crippen LogP) is 2.19. The lowest BCUT2D eigenvalue weighted by Gasteiger charge is -2.20. The summed E-state index contributed by atoms with van der Waals surface area (Å²) in [5.74, 6) is 0.591. The molecule has 1 rings (SSSR count). The van der Waals surface area contributed by atoms with Crippen molar-refractivity contribution in [2.75, 3.05) is 12.8 Å². The minimum absolute atomic E-state index is 0.417. The zero-order valence-electron chi connectivity index (χ0n) is 8.54. The molecule has 0 aromatic heterocycles. The predicted molar refractivity (Wildman–Crippen MR) is 57.5 cm³/mol. The Kier molecular flexibility index (Phi) is 3.32. The molecule has 0 aliphatic heterocycles. The third-order valence-electron chi connectivity index (χ3n) is 2.27. The highest BCUT2D eigenvalue weighted by molar-refractivity contribution is 5.40. The van der Waals surface area contributed by atoms with Gasteiger partial charge in [0.05, 0.1) is 0 Å². The van der Waals surface area contributed by atoms with Gasteiger partial charge in [-0.2, -0.15) is 0 Å². The Hall–Kier alpha value is -1.02. The highest BCUT2D eigenvalue weighted by Crippen LogP contribution is 2.21. The quantitative estimate of drug-likeness (QED) is 0.696. The molecule has 0 fully saturated rings. The molecule has 0 spiro atoms. The molecule has 72 valence electrons. The average Bonchev–Trinajstić information content (AvgIpc) is 2.09. The Morgan fingerprint density at radius 3 is 2.08 bits per heavy atom. The number of nitrogens with one attached hydrogen (secondary N) is 1. The van der Waals surface area contributed by atoms with E-state index in [1.807, 2.05) is 19.2 Å². The van der Waals surface area contributed by atoms with Crippen LogP contribution in [0.25, 0.3) is 0 Å². The molecule has 0 aliphatic rings. The smallest absolute Gasteiger partial charge is 0.0340 e. The molecule has 1 aromatic carbocycles. The number of anilines is 1. The van der Waals surface area contributed by atoms with Gasteiger partial charge in [0.1, 0.15) is 0 Å². The van der Waals surface area contributed by atoms with Crippen molar-refractivity contribution in [1.29, 1.82) is 0 Å². The summed E-state index contributed by atoms with van der Waals surface area (Å²) in [6.45, 7) is 4.41. The van der Waals surface area contributed by atoms with Crippen LogP contribution in [0.5, 0.6) is 0 Å². The molecule has 1 aromatic rings. The lowest BCUT2D eigenvalue weighted by molar-refractivity contribution is 0.443. The van der Waals surface area contributed by atoms with Crippen LogP contribution in [-0.4, -0.2) is 7.05 Å². The molecule has 2 nitrogen and oxygen atoms in total. The Morgan fingerprint density at radius 2 is 1.69 bits per heavy atom. The van der Waals surface area contributed by atoms with Crippen molar-refractivity contribution in [3.63, 3.8) is 0 Å². The number of nitrogens with two attached hydrogens (primary N) is 1. The van der Waals surface area contributed by atoms with E-state index in [0.717, 1.165) is 5.69 Å². The van der Waals surface area contributed by atoms with Crippen LogP contribution in [0, 0.1) is 5.92 Å². The third-order valence-corrected chi connectivity index (χ3v) is 2.27. The summed E-state index contributed by atoms with van der Waals surface area (Å²) in [6.07, 6.45) is 0. The number of nitrogen functional groups attached to an aromatic ring is 1. The van der Waals surface area contributed by atoms with E-state index in [2.05, 4.69) is 31.3 Å². The zero-order chi connectivity index (χ0) is 9.84. The molecular weight excluding hydrogens is 160 g/mol. The van der Waals surface area contributed by atoms with Gasteiger partial charge >= 0.3 is 0 Å². The van der Waals surface area contributed by atoms with Crippen molar-refractivity contribution in [2.45, 2.75) is 19.9 Å². The van der Waals surface area contributed by atoms with Crippen LogP contribution in [-0.2, 0) is 0 Å². The number of rotatable bonds is 3. The number of hydrogen-bond acceptors (Lipinski definition) is 2. The molecule has 3 N–H and O–H groups in total. The van der Waals surface area contributed by atoms with E-state index in [-0.39, 0.29) is 0 Å². The molecule has 0 amide bonds. The molecular formula is C11H18N2. The molecule has 0 saturated heterocycles. The Bertz CT molecular complexity index is 251. The van der Waals surface area contributed by atoms with E-state index in [1.54, 1.807) is 0 Å². The number of benzene rings is 1. The van der Waals surface area contributed by atoms with E-state index >= 15 is 0 Å². The monoisotopic (exact) mass is 178 g/mol. The first-order valence-corrected chi connectivity index (χ1v) is 4.68. The molecule has 2 heteroatoms. The standard InChI is InChI=1S/C11H18N2/c1-8(2)11(13-3)9-4-6-10(12)7-5-9/h4-8,11,13H,12H2,1-3H3. The average molecular weight is 178 g/mol. The molecule has 0 radical (unpaired) electrons. The second-order valence-corrected chi connectivity index (χ2v) is 3.68. The minimum Gasteiger partial charge on any atom is -0.399 e. The van der Waals surface area contributed by atoms with E-state index in [0.29, 0.717) is 12.0 Å². The topological polar surface area (TPSA) is 38.0 Å². The second-order valence-electron chi connectivity index (χ2n) is 3.68. The van der Waals surface area contributed by atoms with Crippen molar-refractivity contribution >= 4 is 5.69 Å². The van der Waals surface area contributed by atoms with Crippen LogP contribution in [0.4, 0.5) is 5.69 Å². The van der Waals surface area contributed by atoms with E-state index in [9.17, 15) is 0 Å². The fourth-order valence-corrected chi connectivity index (χ4v) is 1.59. The maximum absolute atomic E-state index is 5.62. The lowest BCUT2D eigenvalue weighted by atomic mass is 9.96. The van der Waals surface area contributed by atoms with Crippen LogP contribution in [0.1, 0.15) is 25.5 Å². The van der Waals surface area contributed by atoms with Gasteiger partial charge in [-0.25, -0.2) is 0 Å². The zero-order valence-corrected chi connectivity index (χ0v) is 8.54. The SMILES string of the molecule is CNC(c1ccc(N)cc1)C(C)C. The van der Waals surface area contributed by atoms with Crippen LogP contribution in [0.3, 0.4) is 0 Å². The maximum Gasteiger partial charge on any atom is 0.0340 e. The highest BCUT2D eigenvalue weighted by atomic mass is 14.9. The summed E-state index contributed by atoms with van der Waals surface area (Å²) in [6, 6.07) is 8.47. The van der Waals surface area contributed by atoms with Crippen LogP contribution in [0.15, 0.2) is 24.3 Å². The third kappa shape index (κ3) is 2.46. The normalized spacial score (nSPS) is 13.2. The van der Waals surface area contributed by atoms with Gasteiger partial charge in [0.15, 0.2) is 0 Å². The van der Waals surface area contributed by atoms with Crippen molar-refractivity contribution in [3.8, 4) is 0 Å². The van der Waals surface area contributed by atoms with E-state index in [1.165, 1.54) is 5.56 Å². The maximum atomic E-state index is 5.62. The Labute approximate surface area is 80.1 Å². The fraction of sp³-hybridized carbons (Fsp3) is 0.455. The Balaban J connectivity index is 2.86. The first-order valence-electron chi connectivity index (χ1n) is 4.68. The van der Waals surface area contributed by atoms with Crippen molar-refractivity contribution in [1.82, 2.24) is 5.32 Å². The van der Waals surface area contributed by atoms with Gasteiger partial charge in [-0.05, 0) is 30.7 Å². The second kappa shape index (κ2) is 4.28. The number of hydrogen-bond donors (Lipinski definition) is 2. The highest BCUT2D eigenvalue weighted by Gasteiger charge is 2.12. The van der Waals surface area contributed by atoms with Crippen LogP contribution in [0.2, 0.25) is 0 Å². The molecule has 1 atom stereocenters. The molecule has 0 aliphatic carbocycles. The van der Waals surface area contributed by atoms with Crippen LogP contribution < -0.4 is 11.1 Å². The van der Waals surface area contributed by atoms with Gasteiger partial charge in [0.2, 0.25) is 0 Å². The largest absolute Gasteiger partial charge is 0.399 e. The first kappa shape index (κ1) is 10.1. The van der Waals surface area contributed by atoms with Crippen molar-refractivity contribution in [2.24, 2.45) is 5.92 Å². The molecule has 0 saturated carbocycles. The van der Waals surface area contributed by atoms with E-state index in [4.69, 9.17) is 5.73 Å². The summed E-state index contributed by atoms with van der Waals surface area (Å²) in [5, 5.41) is 3.30. The summed E-state index contributed by atoms with van der Waals surface area (Å²) < 4.78 is 0. The van der Waals surface area contributed by atoms with Gasteiger partial charge in [-0.3, -0.25) is 0 Å². The molecule has 0 heterocycles. The van der Waals surface area contributed by atoms with Crippen molar-refractivity contribution < 1.29 is 0 Å². The van der Waals surface area contributed by atoms with Gasteiger partial charge in [-0.15, -0.1) is 0 Å².